The van der Waals surface area contributed by atoms with Gasteiger partial charge in [-0.1, -0.05) is 6.07 Å². The number of hydrogen-bond acceptors (Lipinski definition) is 2. The van der Waals surface area contributed by atoms with Crippen LogP contribution in [0.25, 0.3) is 0 Å². The van der Waals surface area contributed by atoms with Gasteiger partial charge in [-0.3, -0.25) is 4.79 Å². The summed E-state index contributed by atoms with van der Waals surface area (Å²) in [5.41, 5.74) is -0.457. The number of pyridine rings is 1. The van der Waals surface area contributed by atoms with Gasteiger partial charge < -0.3 is 5.32 Å². The lowest BCUT2D eigenvalue weighted by Gasteiger charge is -2.07. The van der Waals surface area contributed by atoms with Gasteiger partial charge in [-0.05, 0) is 24.6 Å². The third-order valence-corrected chi connectivity index (χ3v) is 2.56. The summed E-state index contributed by atoms with van der Waals surface area (Å²) in [7, 11) is 0. The SMILES string of the molecule is Cc1ccc(NC(=O)c2cc(F)nc(F)c2F)cc1F. The van der Waals surface area contributed by atoms with Gasteiger partial charge >= 0.3 is 0 Å². The normalized spacial score (nSPS) is 10.4. The van der Waals surface area contributed by atoms with Crippen molar-refractivity contribution in [2.75, 3.05) is 5.32 Å². The van der Waals surface area contributed by atoms with Gasteiger partial charge in [0.15, 0.2) is 5.82 Å². The van der Waals surface area contributed by atoms with E-state index in [0.29, 0.717) is 11.6 Å². The van der Waals surface area contributed by atoms with Gasteiger partial charge in [-0.25, -0.2) is 8.78 Å². The van der Waals surface area contributed by atoms with Crippen LogP contribution in [-0.2, 0) is 0 Å². The van der Waals surface area contributed by atoms with Crippen LogP contribution in [-0.4, -0.2) is 10.9 Å². The number of nitrogens with zero attached hydrogens (tertiary/aromatic N) is 1. The van der Waals surface area contributed by atoms with Crippen LogP contribution in [0.1, 0.15) is 15.9 Å². The van der Waals surface area contributed by atoms with Crippen molar-refractivity contribution in [1.82, 2.24) is 4.98 Å². The van der Waals surface area contributed by atoms with Crippen LogP contribution in [0.15, 0.2) is 24.3 Å². The molecule has 3 nitrogen and oxygen atoms in total. The van der Waals surface area contributed by atoms with Gasteiger partial charge in [0.1, 0.15) is 5.82 Å². The van der Waals surface area contributed by atoms with E-state index < -0.39 is 35.0 Å². The van der Waals surface area contributed by atoms with E-state index in [-0.39, 0.29) is 5.69 Å². The van der Waals surface area contributed by atoms with Gasteiger partial charge in [-0.2, -0.15) is 13.8 Å². The van der Waals surface area contributed by atoms with E-state index in [2.05, 4.69) is 10.3 Å². The second kappa shape index (κ2) is 5.28. The second-order valence-corrected chi connectivity index (χ2v) is 4.02. The maximum atomic E-state index is 13.3. The molecule has 0 atom stereocenters. The van der Waals surface area contributed by atoms with Crippen molar-refractivity contribution in [3.8, 4) is 0 Å². The van der Waals surface area contributed by atoms with E-state index in [9.17, 15) is 22.4 Å². The Labute approximate surface area is 111 Å². The number of amides is 1. The molecular weight excluding hydrogens is 276 g/mol. The van der Waals surface area contributed by atoms with Crippen LogP contribution in [0.3, 0.4) is 0 Å². The van der Waals surface area contributed by atoms with Crippen LogP contribution in [0.5, 0.6) is 0 Å². The zero-order valence-corrected chi connectivity index (χ0v) is 10.2. The summed E-state index contributed by atoms with van der Waals surface area (Å²) in [5, 5.41) is 2.14. The molecule has 0 saturated carbocycles. The Morgan fingerprint density at radius 2 is 1.85 bits per heavy atom. The minimum Gasteiger partial charge on any atom is -0.322 e. The van der Waals surface area contributed by atoms with Crippen molar-refractivity contribution in [2.24, 2.45) is 0 Å². The first kappa shape index (κ1) is 14.0. The topological polar surface area (TPSA) is 42.0 Å². The van der Waals surface area contributed by atoms with Gasteiger partial charge in [0, 0.05) is 11.8 Å². The molecule has 20 heavy (non-hydrogen) atoms. The van der Waals surface area contributed by atoms with E-state index >= 15 is 0 Å². The first-order valence-corrected chi connectivity index (χ1v) is 5.47. The van der Waals surface area contributed by atoms with Gasteiger partial charge in [0.25, 0.3) is 11.9 Å². The second-order valence-electron chi connectivity index (χ2n) is 4.02. The van der Waals surface area contributed by atoms with E-state index in [0.717, 1.165) is 6.07 Å². The Bertz CT molecular complexity index is 688. The highest BCUT2D eigenvalue weighted by Crippen LogP contribution is 2.17. The number of halogens is 4. The number of anilines is 1. The largest absolute Gasteiger partial charge is 0.322 e. The predicted molar refractivity (Wildman–Crippen MR) is 63.2 cm³/mol. The summed E-state index contributed by atoms with van der Waals surface area (Å²) in [5.74, 6) is -6.30. The molecule has 1 aromatic carbocycles. The fourth-order valence-corrected chi connectivity index (χ4v) is 1.50. The molecule has 7 heteroatoms. The minimum absolute atomic E-state index is 0.0372. The van der Waals surface area contributed by atoms with Gasteiger partial charge in [-0.15, -0.1) is 0 Å². The van der Waals surface area contributed by atoms with Crippen LogP contribution >= 0.6 is 0 Å². The smallest absolute Gasteiger partial charge is 0.258 e. The molecule has 0 fully saturated rings. The summed E-state index contributed by atoms with van der Waals surface area (Å²) >= 11 is 0. The Morgan fingerprint density at radius 3 is 2.50 bits per heavy atom. The number of aryl methyl sites for hydroxylation is 1. The van der Waals surface area contributed by atoms with Crippen molar-refractivity contribution in [3.63, 3.8) is 0 Å². The number of carbonyl (C=O) groups excluding carboxylic acids is 1. The molecule has 1 heterocycles. The molecule has 0 bridgehead atoms. The van der Waals surface area contributed by atoms with Crippen LogP contribution in [0, 0.1) is 30.5 Å². The van der Waals surface area contributed by atoms with E-state index in [1.54, 1.807) is 0 Å². The number of benzene rings is 1. The molecule has 1 amide bonds. The quantitative estimate of drug-likeness (QED) is 0.679. The average molecular weight is 284 g/mol. The van der Waals surface area contributed by atoms with Gasteiger partial charge in [0.2, 0.25) is 5.95 Å². The molecule has 0 aliphatic carbocycles. The molecule has 104 valence electrons. The predicted octanol–water partition coefficient (Wildman–Crippen LogP) is 3.20. The molecular formula is C13H8F4N2O. The molecule has 0 unspecified atom stereocenters. The van der Waals surface area contributed by atoms with E-state index in [4.69, 9.17) is 0 Å². The number of rotatable bonds is 2. The summed E-state index contributed by atoms with van der Waals surface area (Å²) < 4.78 is 52.4. The maximum Gasteiger partial charge on any atom is 0.258 e. The van der Waals surface area contributed by atoms with Crippen molar-refractivity contribution in [3.05, 3.63) is 58.9 Å². The van der Waals surface area contributed by atoms with E-state index in [1.807, 2.05) is 0 Å². The van der Waals surface area contributed by atoms with Gasteiger partial charge in [0.05, 0.1) is 5.56 Å². The zero-order chi connectivity index (χ0) is 14.9. The third kappa shape index (κ3) is 2.76. The lowest BCUT2D eigenvalue weighted by Crippen LogP contribution is -2.16. The first-order valence-electron chi connectivity index (χ1n) is 5.47. The highest BCUT2D eigenvalue weighted by molar-refractivity contribution is 6.04. The Hall–Kier alpha value is -2.44. The minimum atomic E-state index is -1.72. The molecule has 2 rings (SSSR count). The van der Waals surface area contributed by atoms with E-state index in [1.165, 1.54) is 19.1 Å². The highest BCUT2D eigenvalue weighted by Gasteiger charge is 2.19. The summed E-state index contributed by atoms with van der Waals surface area (Å²) in [6.45, 7) is 1.52. The number of hydrogen-bond donors (Lipinski definition) is 1. The summed E-state index contributed by atoms with van der Waals surface area (Å²) in [4.78, 5) is 14.3. The third-order valence-electron chi connectivity index (χ3n) is 2.56. The Morgan fingerprint density at radius 1 is 1.15 bits per heavy atom. The molecule has 1 aromatic heterocycles. The molecule has 0 saturated heterocycles. The standard InChI is InChI=1S/C13H8F4N2O/c1-6-2-3-7(4-9(6)14)18-13(20)8-5-10(15)19-12(17)11(8)16/h2-5H,1H3,(H,18,20). The molecule has 0 aliphatic heterocycles. The monoisotopic (exact) mass is 284 g/mol. The molecule has 0 aliphatic rings. The van der Waals surface area contributed by atoms with Crippen LogP contribution in [0.4, 0.5) is 23.2 Å². The average Bonchev–Trinajstić information content (AvgIpc) is 2.38. The molecule has 1 N–H and O–H groups in total. The Balaban J connectivity index is 2.30. The van der Waals surface area contributed by atoms with Crippen molar-refractivity contribution < 1.29 is 22.4 Å². The highest BCUT2D eigenvalue weighted by atomic mass is 19.2. The Kier molecular flexibility index (Phi) is 3.69. The lowest BCUT2D eigenvalue weighted by molar-refractivity contribution is 0.102. The fraction of sp³-hybridized carbons (Fsp3) is 0.0769. The van der Waals surface area contributed by atoms with Crippen molar-refractivity contribution in [1.29, 1.82) is 0 Å². The summed E-state index contributed by atoms with van der Waals surface area (Å²) in [6, 6.07) is 4.24. The number of carbonyl (C=O) groups is 1. The zero-order valence-electron chi connectivity index (χ0n) is 10.2. The molecule has 0 spiro atoms. The maximum absolute atomic E-state index is 13.3. The lowest BCUT2D eigenvalue weighted by atomic mass is 10.2. The first-order chi connectivity index (χ1) is 9.38. The molecule has 2 aromatic rings. The summed E-state index contributed by atoms with van der Waals surface area (Å²) in [6.07, 6.45) is 0. The van der Waals surface area contributed by atoms with Crippen LogP contribution in [0.2, 0.25) is 0 Å². The number of aromatic nitrogens is 1. The molecule has 0 radical (unpaired) electrons. The van der Waals surface area contributed by atoms with Crippen molar-refractivity contribution in [2.45, 2.75) is 6.92 Å². The van der Waals surface area contributed by atoms with Crippen molar-refractivity contribution >= 4 is 11.6 Å². The van der Waals surface area contributed by atoms with Crippen LogP contribution < -0.4 is 5.32 Å². The fourth-order valence-electron chi connectivity index (χ4n) is 1.50. The number of nitrogens with one attached hydrogen (secondary N) is 1.